The van der Waals surface area contributed by atoms with Crippen molar-refractivity contribution in [2.75, 3.05) is 37.7 Å². The smallest absolute Gasteiger partial charge is 0.376 e. The highest BCUT2D eigenvalue weighted by Gasteiger charge is 2.33. The van der Waals surface area contributed by atoms with Crippen LogP contribution in [0.2, 0.25) is 0 Å². The highest BCUT2D eigenvalue weighted by Crippen LogP contribution is 2.33. The first-order valence-electron chi connectivity index (χ1n) is 11.3. The number of piperazine rings is 1. The molecule has 2 atom stereocenters. The van der Waals surface area contributed by atoms with E-state index in [9.17, 15) is 13.2 Å². The normalized spacial score (nSPS) is 21.4. The lowest BCUT2D eigenvalue weighted by Gasteiger charge is -2.40. The molecule has 1 aromatic heterocycles. The Morgan fingerprint density at radius 3 is 2.59 bits per heavy atom. The zero-order valence-corrected chi connectivity index (χ0v) is 18.6. The number of tetrazole rings is 1. The Morgan fingerprint density at radius 2 is 1.94 bits per heavy atom. The molecule has 0 saturated carbocycles. The second-order valence-electron chi connectivity index (χ2n) is 9.07. The van der Waals surface area contributed by atoms with Gasteiger partial charge in [0.25, 0.3) is 0 Å². The third kappa shape index (κ3) is 5.40. The van der Waals surface area contributed by atoms with E-state index in [1.54, 1.807) is 6.07 Å². The summed E-state index contributed by atoms with van der Waals surface area (Å²) in [6.45, 7) is 8.59. The fourth-order valence-corrected chi connectivity index (χ4v) is 4.60. The Kier molecular flexibility index (Phi) is 6.99. The van der Waals surface area contributed by atoms with Gasteiger partial charge in [0.05, 0.1) is 24.3 Å². The molecule has 2 fully saturated rings. The van der Waals surface area contributed by atoms with Crippen LogP contribution in [-0.2, 0) is 17.5 Å². The molecule has 0 N–H and O–H groups in total. The van der Waals surface area contributed by atoms with Gasteiger partial charge in [-0.25, -0.2) is 4.68 Å². The predicted molar refractivity (Wildman–Crippen MR) is 114 cm³/mol. The predicted octanol–water partition coefficient (Wildman–Crippen LogP) is 3.78. The molecule has 176 valence electrons. The van der Waals surface area contributed by atoms with Gasteiger partial charge in [-0.05, 0) is 53.8 Å². The van der Waals surface area contributed by atoms with Gasteiger partial charge < -0.3 is 9.64 Å². The number of rotatable bonds is 7. The lowest BCUT2D eigenvalue weighted by atomic mass is 10.0. The maximum absolute atomic E-state index is 13.1. The van der Waals surface area contributed by atoms with E-state index in [0.717, 1.165) is 50.8 Å². The minimum atomic E-state index is -4.33. The highest BCUT2D eigenvalue weighted by molar-refractivity contribution is 5.49. The zero-order valence-electron chi connectivity index (χ0n) is 18.6. The summed E-state index contributed by atoms with van der Waals surface area (Å²) in [6, 6.07) is 5.65. The van der Waals surface area contributed by atoms with E-state index in [-0.39, 0.29) is 12.1 Å². The second kappa shape index (κ2) is 9.74. The van der Waals surface area contributed by atoms with Gasteiger partial charge in [0.1, 0.15) is 0 Å². The number of alkyl halides is 3. The van der Waals surface area contributed by atoms with Gasteiger partial charge in [0.15, 0.2) is 5.82 Å². The Labute approximate surface area is 186 Å². The Bertz CT molecular complexity index is 873. The van der Waals surface area contributed by atoms with Crippen LogP contribution in [0.5, 0.6) is 0 Å². The molecule has 7 nitrogen and oxygen atoms in total. The van der Waals surface area contributed by atoms with Crippen LogP contribution in [0.25, 0.3) is 0 Å². The van der Waals surface area contributed by atoms with Crippen LogP contribution in [0.4, 0.5) is 18.9 Å². The van der Waals surface area contributed by atoms with Crippen LogP contribution in [0, 0.1) is 5.92 Å². The Morgan fingerprint density at radius 1 is 1.16 bits per heavy atom. The molecule has 2 aliphatic rings. The van der Waals surface area contributed by atoms with E-state index >= 15 is 0 Å². The first kappa shape index (κ1) is 23.0. The number of ether oxygens (including phenoxy) is 1. The number of halogens is 3. The molecule has 10 heteroatoms. The summed E-state index contributed by atoms with van der Waals surface area (Å²) in [5.41, 5.74) is 0.00604. The first-order valence-corrected chi connectivity index (χ1v) is 11.3. The molecule has 2 aromatic rings. The average Bonchev–Trinajstić information content (AvgIpc) is 3.44. The summed E-state index contributed by atoms with van der Waals surface area (Å²) in [7, 11) is 0. The molecule has 0 bridgehead atoms. The van der Waals surface area contributed by atoms with Crippen LogP contribution in [0.1, 0.15) is 50.5 Å². The molecule has 0 amide bonds. The highest BCUT2D eigenvalue weighted by atomic mass is 19.4. The standard InChI is InChI=1S/C22H31F3N6O/c1-16(2)13-20(21-26-27-28-31(21)15-19-7-4-12-32-19)30-10-8-29(9-11-30)18-6-3-5-17(14-18)22(23,24)25/h3,5-6,14,16,19-20H,4,7-13,15H2,1-2H3/t19-,20-/m1/s1. The van der Waals surface area contributed by atoms with Crippen molar-refractivity contribution in [3.05, 3.63) is 35.7 Å². The third-order valence-electron chi connectivity index (χ3n) is 6.25. The van der Waals surface area contributed by atoms with Crippen molar-refractivity contribution in [3.8, 4) is 0 Å². The lowest BCUT2D eigenvalue weighted by Crippen LogP contribution is -2.48. The van der Waals surface area contributed by atoms with Crippen LogP contribution >= 0.6 is 0 Å². The van der Waals surface area contributed by atoms with Crippen molar-refractivity contribution in [3.63, 3.8) is 0 Å². The van der Waals surface area contributed by atoms with Gasteiger partial charge >= 0.3 is 6.18 Å². The van der Waals surface area contributed by atoms with E-state index in [1.165, 1.54) is 12.1 Å². The van der Waals surface area contributed by atoms with Crippen molar-refractivity contribution < 1.29 is 17.9 Å². The summed E-state index contributed by atoms with van der Waals surface area (Å²) in [6.07, 6.45) is -1.19. The van der Waals surface area contributed by atoms with Gasteiger partial charge in [-0.3, -0.25) is 4.90 Å². The minimum Gasteiger partial charge on any atom is -0.376 e. The number of nitrogens with zero attached hydrogens (tertiary/aromatic N) is 6. The maximum atomic E-state index is 13.1. The molecule has 0 aliphatic carbocycles. The number of anilines is 1. The number of hydrogen-bond acceptors (Lipinski definition) is 6. The van der Waals surface area contributed by atoms with Gasteiger partial charge in [-0.15, -0.1) is 5.10 Å². The van der Waals surface area contributed by atoms with E-state index in [4.69, 9.17) is 4.74 Å². The fourth-order valence-electron chi connectivity index (χ4n) is 4.60. The second-order valence-corrected chi connectivity index (χ2v) is 9.07. The monoisotopic (exact) mass is 452 g/mol. The van der Waals surface area contributed by atoms with Crippen LogP contribution in [0.15, 0.2) is 24.3 Å². The topological polar surface area (TPSA) is 59.3 Å². The Balaban J connectivity index is 1.46. The molecular formula is C22H31F3N6O. The minimum absolute atomic E-state index is 0.0649. The van der Waals surface area contributed by atoms with Crippen molar-refractivity contribution in [2.24, 2.45) is 5.92 Å². The summed E-state index contributed by atoms with van der Waals surface area (Å²) < 4.78 is 47.0. The molecule has 0 unspecified atom stereocenters. The molecule has 0 radical (unpaired) electrons. The van der Waals surface area contributed by atoms with Gasteiger partial charge in [0, 0.05) is 38.5 Å². The first-order chi connectivity index (χ1) is 15.3. The summed E-state index contributed by atoms with van der Waals surface area (Å²) in [4.78, 5) is 4.38. The van der Waals surface area contributed by atoms with Crippen molar-refractivity contribution in [2.45, 2.75) is 58.0 Å². The molecule has 32 heavy (non-hydrogen) atoms. The van der Waals surface area contributed by atoms with E-state index in [2.05, 4.69) is 34.3 Å². The zero-order chi connectivity index (χ0) is 22.7. The van der Waals surface area contributed by atoms with Crippen LogP contribution in [-0.4, -0.2) is 64.0 Å². The molecule has 4 rings (SSSR count). The summed E-state index contributed by atoms with van der Waals surface area (Å²) in [5.74, 6) is 1.30. The molecule has 2 saturated heterocycles. The summed E-state index contributed by atoms with van der Waals surface area (Å²) >= 11 is 0. The third-order valence-corrected chi connectivity index (χ3v) is 6.25. The van der Waals surface area contributed by atoms with E-state index in [1.807, 2.05) is 9.58 Å². The lowest BCUT2D eigenvalue weighted by molar-refractivity contribution is -0.137. The fraction of sp³-hybridized carbons (Fsp3) is 0.682. The van der Waals surface area contributed by atoms with Gasteiger partial charge in [-0.1, -0.05) is 19.9 Å². The van der Waals surface area contributed by atoms with Crippen molar-refractivity contribution in [1.29, 1.82) is 0 Å². The van der Waals surface area contributed by atoms with E-state index < -0.39 is 11.7 Å². The maximum Gasteiger partial charge on any atom is 0.416 e. The quantitative estimate of drug-likeness (QED) is 0.637. The molecular weight excluding hydrogens is 421 g/mol. The number of benzene rings is 1. The molecule has 1 aromatic carbocycles. The number of aromatic nitrogens is 4. The van der Waals surface area contributed by atoms with Crippen molar-refractivity contribution in [1.82, 2.24) is 25.1 Å². The van der Waals surface area contributed by atoms with Gasteiger partial charge in [0.2, 0.25) is 0 Å². The largest absolute Gasteiger partial charge is 0.416 e. The molecule has 2 aliphatic heterocycles. The van der Waals surface area contributed by atoms with Gasteiger partial charge in [-0.2, -0.15) is 13.2 Å². The van der Waals surface area contributed by atoms with Crippen molar-refractivity contribution >= 4 is 5.69 Å². The number of hydrogen-bond donors (Lipinski definition) is 0. The van der Waals surface area contributed by atoms with Crippen LogP contribution in [0.3, 0.4) is 0 Å². The summed E-state index contributed by atoms with van der Waals surface area (Å²) in [5, 5.41) is 12.5. The Hall–Kier alpha value is -2.20. The van der Waals surface area contributed by atoms with Crippen LogP contribution < -0.4 is 4.90 Å². The SMILES string of the molecule is CC(C)C[C@H](c1nnnn1C[C@H]1CCCO1)N1CCN(c2cccc(C(F)(F)F)c2)CC1. The van der Waals surface area contributed by atoms with E-state index in [0.29, 0.717) is 31.2 Å². The molecule has 3 heterocycles. The average molecular weight is 453 g/mol. The molecule has 0 spiro atoms.